The Morgan fingerprint density at radius 3 is 1.74 bits per heavy atom. The van der Waals surface area contributed by atoms with Crippen LogP contribution in [0.1, 0.15) is 136 Å². The third-order valence-electron chi connectivity index (χ3n) is 7.81. The fourth-order valence-corrected chi connectivity index (χ4v) is 5.50. The Bertz CT molecular complexity index is 984. The number of hydrogen-bond donors (Lipinski definition) is 1. The molecule has 0 spiro atoms. The zero-order valence-electron chi connectivity index (χ0n) is 32.6. The van der Waals surface area contributed by atoms with Gasteiger partial charge in [-0.25, -0.2) is 4.57 Å². The summed E-state index contributed by atoms with van der Waals surface area (Å²) in [6.07, 6.45) is 41.1. The number of rotatable bonds is 35. The fourth-order valence-electron chi connectivity index (χ4n) is 4.76. The number of ether oxygens (including phenoxy) is 2. The summed E-state index contributed by atoms with van der Waals surface area (Å²) in [6.45, 7) is 5.37. The third kappa shape index (κ3) is 37.5. The molecule has 0 aromatic heterocycles. The first-order chi connectivity index (χ1) is 24.1. The van der Waals surface area contributed by atoms with Crippen molar-refractivity contribution in [2.75, 3.05) is 54.1 Å². The molecule has 0 aromatic rings. The van der Waals surface area contributed by atoms with Gasteiger partial charge in [0.1, 0.15) is 19.3 Å². The lowest BCUT2D eigenvalue weighted by Crippen LogP contribution is -2.37. The zero-order chi connectivity index (χ0) is 37.0. The standard InChI is InChI=1S/C41H74NO7P/c1-6-8-10-12-14-16-18-20-21-23-25-27-29-31-33-36-46-38-40(39-48-50(44,45)47-37-35-42(3,4)5)49-41(43)34-32-30-28-26-24-22-19-17-15-13-11-9-7-2/h9,11-12,14-15,17-18,20,22,24,40H,6-8,10,13,16,19,21,23,25-39H2,1-5H3/p+1/b11-9-,14-12-,17-15-,20-18-,24-22-. The molecule has 50 heavy (non-hydrogen) atoms. The van der Waals surface area contributed by atoms with Crippen LogP contribution in [0.4, 0.5) is 0 Å². The summed E-state index contributed by atoms with van der Waals surface area (Å²) in [7, 11) is 1.63. The second-order valence-corrected chi connectivity index (χ2v) is 15.4. The quantitative estimate of drug-likeness (QED) is 0.0229. The number of allylic oxidation sites excluding steroid dienone is 10. The molecular formula is C41H75NO7P+. The van der Waals surface area contributed by atoms with Gasteiger partial charge in [-0.1, -0.05) is 120 Å². The highest BCUT2D eigenvalue weighted by molar-refractivity contribution is 7.47. The molecule has 0 aliphatic rings. The minimum Gasteiger partial charge on any atom is -0.457 e. The Morgan fingerprint density at radius 2 is 1.16 bits per heavy atom. The van der Waals surface area contributed by atoms with E-state index in [-0.39, 0.29) is 32.2 Å². The minimum atomic E-state index is -4.28. The Hall–Kier alpha value is -1.80. The molecular weight excluding hydrogens is 649 g/mol. The normalized spacial score (nSPS) is 14.6. The molecule has 290 valence electrons. The highest BCUT2D eigenvalue weighted by Gasteiger charge is 2.26. The Morgan fingerprint density at radius 1 is 0.640 bits per heavy atom. The van der Waals surface area contributed by atoms with Crippen LogP contribution >= 0.6 is 7.82 Å². The first-order valence-corrected chi connectivity index (χ1v) is 21.0. The summed E-state index contributed by atoms with van der Waals surface area (Å²) >= 11 is 0. The van der Waals surface area contributed by atoms with Crippen LogP contribution in [0.15, 0.2) is 60.8 Å². The van der Waals surface area contributed by atoms with E-state index in [2.05, 4.69) is 74.6 Å². The van der Waals surface area contributed by atoms with Crippen LogP contribution in [0.25, 0.3) is 0 Å². The molecule has 0 heterocycles. The van der Waals surface area contributed by atoms with E-state index in [1.807, 2.05) is 21.1 Å². The fraction of sp³-hybridized carbons (Fsp3) is 0.732. The zero-order valence-corrected chi connectivity index (χ0v) is 33.5. The number of carbonyl (C=O) groups is 1. The largest absolute Gasteiger partial charge is 0.472 e. The van der Waals surface area contributed by atoms with Crippen molar-refractivity contribution in [3.05, 3.63) is 60.8 Å². The number of phosphoric ester groups is 1. The molecule has 0 rings (SSSR count). The monoisotopic (exact) mass is 725 g/mol. The van der Waals surface area contributed by atoms with Gasteiger partial charge < -0.3 is 18.9 Å². The predicted molar refractivity (Wildman–Crippen MR) is 210 cm³/mol. The van der Waals surface area contributed by atoms with Crippen LogP contribution in [-0.4, -0.2) is 75.6 Å². The molecule has 0 saturated heterocycles. The van der Waals surface area contributed by atoms with Gasteiger partial charge in [0.05, 0.1) is 34.4 Å². The van der Waals surface area contributed by atoms with Gasteiger partial charge in [-0.15, -0.1) is 0 Å². The van der Waals surface area contributed by atoms with Gasteiger partial charge in [-0.05, 0) is 70.6 Å². The van der Waals surface area contributed by atoms with Gasteiger partial charge in [0.2, 0.25) is 0 Å². The summed E-state index contributed by atoms with van der Waals surface area (Å²) in [5.74, 6) is -0.350. The van der Waals surface area contributed by atoms with E-state index in [1.165, 1.54) is 38.5 Å². The Balaban J connectivity index is 4.37. The van der Waals surface area contributed by atoms with E-state index in [4.69, 9.17) is 18.5 Å². The lowest BCUT2D eigenvalue weighted by atomic mass is 10.1. The highest BCUT2D eigenvalue weighted by atomic mass is 31.2. The smallest absolute Gasteiger partial charge is 0.457 e. The number of esters is 1. The van der Waals surface area contributed by atoms with Crippen molar-refractivity contribution in [1.82, 2.24) is 0 Å². The number of carbonyl (C=O) groups excluding carboxylic acids is 1. The van der Waals surface area contributed by atoms with E-state index in [9.17, 15) is 14.3 Å². The van der Waals surface area contributed by atoms with Crippen molar-refractivity contribution < 1.29 is 37.3 Å². The van der Waals surface area contributed by atoms with E-state index < -0.39 is 13.9 Å². The molecule has 0 amide bonds. The number of phosphoric acid groups is 1. The van der Waals surface area contributed by atoms with Crippen molar-refractivity contribution in [2.24, 2.45) is 0 Å². The molecule has 0 aromatic carbocycles. The summed E-state index contributed by atoms with van der Waals surface area (Å²) in [6, 6.07) is 0. The summed E-state index contributed by atoms with van der Waals surface area (Å²) < 4.78 is 34.8. The first-order valence-electron chi connectivity index (χ1n) is 19.5. The van der Waals surface area contributed by atoms with Crippen LogP contribution in [0, 0.1) is 0 Å². The molecule has 0 fully saturated rings. The van der Waals surface area contributed by atoms with E-state index in [0.29, 0.717) is 17.6 Å². The average Bonchev–Trinajstić information content (AvgIpc) is 3.06. The van der Waals surface area contributed by atoms with Crippen LogP contribution in [0.3, 0.4) is 0 Å². The molecule has 2 unspecified atom stereocenters. The second kappa shape index (κ2) is 34.3. The van der Waals surface area contributed by atoms with Gasteiger partial charge in [0.15, 0.2) is 0 Å². The Kier molecular flexibility index (Phi) is 33.1. The summed E-state index contributed by atoms with van der Waals surface area (Å²) in [5.41, 5.74) is 0. The van der Waals surface area contributed by atoms with Crippen LogP contribution in [-0.2, 0) is 27.9 Å². The molecule has 9 heteroatoms. The Labute approximate surface area is 307 Å². The molecule has 8 nitrogen and oxygen atoms in total. The van der Waals surface area contributed by atoms with E-state index in [1.54, 1.807) is 0 Å². The van der Waals surface area contributed by atoms with Gasteiger partial charge >= 0.3 is 13.8 Å². The molecule has 2 atom stereocenters. The topological polar surface area (TPSA) is 91.3 Å². The predicted octanol–water partition coefficient (Wildman–Crippen LogP) is 11.0. The van der Waals surface area contributed by atoms with Crippen LogP contribution in [0.5, 0.6) is 0 Å². The van der Waals surface area contributed by atoms with Crippen molar-refractivity contribution in [2.45, 2.75) is 142 Å². The maximum absolute atomic E-state index is 12.6. The van der Waals surface area contributed by atoms with Gasteiger partial charge in [0, 0.05) is 13.0 Å². The minimum absolute atomic E-state index is 0.0776. The molecule has 0 aliphatic carbocycles. The summed E-state index contributed by atoms with van der Waals surface area (Å²) in [5, 5.41) is 0. The third-order valence-corrected chi connectivity index (χ3v) is 8.80. The van der Waals surface area contributed by atoms with Crippen LogP contribution in [0.2, 0.25) is 0 Å². The lowest BCUT2D eigenvalue weighted by Gasteiger charge is -2.24. The molecule has 0 bridgehead atoms. The van der Waals surface area contributed by atoms with Crippen molar-refractivity contribution in [3.8, 4) is 0 Å². The highest BCUT2D eigenvalue weighted by Crippen LogP contribution is 2.43. The van der Waals surface area contributed by atoms with Crippen molar-refractivity contribution >= 4 is 13.8 Å². The first kappa shape index (κ1) is 48.2. The van der Waals surface area contributed by atoms with Crippen molar-refractivity contribution in [1.29, 1.82) is 0 Å². The number of nitrogens with zero attached hydrogens (tertiary/aromatic N) is 1. The number of likely N-dealkylation sites (N-methyl/N-ethyl adjacent to an activating group) is 1. The van der Waals surface area contributed by atoms with E-state index >= 15 is 0 Å². The lowest BCUT2D eigenvalue weighted by molar-refractivity contribution is -0.870. The molecule has 0 saturated carbocycles. The van der Waals surface area contributed by atoms with Gasteiger partial charge in [0.25, 0.3) is 0 Å². The van der Waals surface area contributed by atoms with E-state index in [0.717, 1.165) is 77.0 Å². The van der Waals surface area contributed by atoms with Gasteiger partial charge in [-0.2, -0.15) is 0 Å². The summed E-state index contributed by atoms with van der Waals surface area (Å²) in [4.78, 5) is 22.8. The number of hydrogen-bond acceptors (Lipinski definition) is 6. The number of quaternary nitrogens is 1. The van der Waals surface area contributed by atoms with Gasteiger partial charge in [-0.3, -0.25) is 13.8 Å². The van der Waals surface area contributed by atoms with Crippen LogP contribution < -0.4 is 0 Å². The maximum Gasteiger partial charge on any atom is 0.472 e. The number of unbranched alkanes of at least 4 members (excludes halogenated alkanes) is 11. The van der Waals surface area contributed by atoms with Crippen molar-refractivity contribution in [3.63, 3.8) is 0 Å². The average molecular weight is 725 g/mol. The maximum atomic E-state index is 12.6. The molecule has 0 aliphatic heterocycles. The SMILES string of the molecule is CC/C=C\C/C=C\C/C=C\CCCCCC(=O)OC(COCCCCCCCC/C=C\C/C=C\CCCC)COP(=O)(O)OCC[N+](C)(C)C. The second-order valence-electron chi connectivity index (χ2n) is 13.9. The molecule has 1 N–H and O–H groups in total. The molecule has 0 radical (unpaired) electrons.